The summed E-state index contributed by atoms with van der Waals surface area (Å²) in [7, 11) is 0. The number of hydrogen-bond acceptors (Lipinski definition) is 4. The van der Waals surface area contributed by atoms with Gasteiger partial charge in [0.05, 0.1) is 6.61 Å². The molecule has 160 valence electrons. The Labute approximate surface area is 177 Å². The fourth-order valence-corrected chi connectivity index (χ4v) is 3.57. The number of unbranched alkanes of at least 4 members (excludes halogenated alkanes) is 1. The van der Waals surface area contributed by atoms with Crippen molar-refractivity contribution in [3.63, 3.8) is 0 Å². The van der Waals surface area contributed by atoms with Crippen molar-refractivity contribution in [3.8, 4) is 6.07 Å². The number of nitriles is 1. The first-order valence-electron chi connectivity index (χ1n) is 10.9. The van der Waals surface area contributed by atoms with E-state index in [0.29, 0.717) is 12.5 Å². The van der Waals surface area contributed by atoms with Gasteiger partial charge in [-0.3, -0.25) is 0 Å². The first-order chi connectivity index (χ1) is 13.8. The van der Waals surface area contributed by atoms with Crippen LogP contribution in [-0.2, 0) is 9.53 Å². The summed E-state index contributed by atoms with van der Waals surface area (Å²) >= 11 is 0. The van der Waals surface area contributed by atoms with Crippen molar-refractivity contribution >= 4 is 5.97 Å². The van der Waals surface area contributed by atoms with E-state index < -0.39 is 5.97 Å². The van der Waals surface area contributed by atoms with Gasteiger partial charge in [-0.2, -0.15) is 5.26 Å². The van der Waals surface area contributed by atoms with Gasteiger partial charge in [0.25, 0.3) is 0 Å². The van der Waals surface area contributed by atoms with Crippen LogP contribution >= 0.6 is 0 Å². The van der Waals surface area contributed by atoms with Crippen LogP contribution in [-0.4, -0.2) is 30.6 Å². The van der Waals surface area contributed by atoms with E-state index in [4.69, 9.17) is 4.74 Å². The minimum absolute atomic E-state index is 0.151. The fraction of sp³-hybridized carbons (Fsp3) is 0.600. The Bertz CT molecular complexity index is 678. The first kappa shape index (κ1) is 24.8. The third-order valence-electron chi connectivity index (χ3n) is 5.18. The third kappa shape index (κ3) is 8.73. The molecule has 0 spiro atoms. The summed E-state index contributed by atoms with van der Waals surface area (Å²) in [6.45, 7) is 18.2. The molecule has 0 saturated carbocycles. The number of carbonyl (C=O) groups is 1. The monoisotopic (exact) mass is 398 g/mol. The average Bonchev–Trinajstić information content (AvgIpc) is 2.67. The molecular formula is C25H38N2O2. The summed E-state index contributed by atoms with van der Waals surface area (Å²) in [6.07, 6.45) is 8.87. The highest BCUT2D eigenvalue weighted by Gasteiger charge is 2.22. The summed E-state index contributed by atoms with van der Waals surface area (Å²) < 4.78 is 5.53. The Morgan fingerprint density at radius 3 is 2.41 bits per heavy atom. The van der Waals surface area contributed by atoms with E-state index in [1.807, 2.05) is 19.9 Å². The normalized spacial score (nSPS) is 16.3. The second-order valence-corrected chi connectivity index (χ2v) is 8.29. The Hall–Kier alpha value is -2.28. The number of hydrogen-bond donors (Lipinski definition) is 0. The van der Waals surface area contributed by atoms with Gasteiger partial charge in [0.2, 0.25) is 0 Å². The molecule has 0 N–H and O–H groups in total. The van der Waals surface area contributed by atoms with Gasteiger partial charge in [0.1, 0.15) is 11.6 Å². The Morgan fingerprint density at radius 1 is 1.24 bits per heavy atom. The topological polar surface area (TPSA) is 53.3 Å². The molecule has 29 heavy (non-hydrogen) atoms. The Balaban J connectivity index is 3.00. The van der Waals surface area contributed by atoms with Crippen LogP contribution in [0, 0.1) is 17.2 Å². The molecule has 0 aromatic rings. The highest BCUT2D eigenvalue weighted by Crippen LogP contribution is 2.28. The predicted molar refractivity (Wildman–Crippen MR) is 120 cm³/mol. The predicted octanol–water partition coefficient (Wildman–Crippen LogP) is 6.09. The van der Waals surface area contributed by atoms with Gasteiger partial charge in [-0.05, 0) is 57.1 Å². The molecule has 0 aromatic carbocycles. The smallest absolute Gasteiger partial charge is 0.349 e. The van der Waals surface area contributed by atoms with Gasteiger partial charge in [-0.25, -0.2) is 4.79 Å². The zero-order valence-corrected chi connectivity index (χ0v) is 18.9. The SMILES string of the molecule is C=C(C)CN(CC(=C)C)C1=CC(=C(C#N)C(=O)OCC(CC)CCCC)CCC1. The molecule has 0 saturated heterocycles. The van der Waals surface area contributed by atoms with E-state index in [1.54, 1.807) is 0 Å². The zero-order valence-electron chi connectivity index (χ0n) is 18.9. The first-order valence-corrected chi connectivity index (χ1v) is 10.9. The molecule has 1 atom stereocenters. The van der Waals surface area contributed by atoms with Gasteiger partial charge in [0, 0.05) is 18.8 Å². The van der Waals surface area contributed by atoms with Crippen LogP contribution in [0.2, 0.25) is 0 Å². The van der Waals surface area contributed by atoms with E-state index in [-0.39, 0.29) is 5.57 Å². The molecule has 4 heteroatoms. The molecule has 0 aromatic heterocycles. The van der Waals surface area contributed by atoms with Crippen molar-refractivity contribution < 1.29 is 9.53 Å². The maximum Gasteiger partial charge on any atom is 0.349 e. The number of esters is 1. The lowest BCUT2D eigenvalue weighted by atomic mass is 9.94. The molecule has 0 heterocycles. The van der Waals surface area contributed by atoms with Crippen molar-refractivity contribution in [2.45, 2.75) is 72.6 Å². The molecule has 0 amide bonds. The standard InChI is InChI=1S/C25H38N2O2/c1-7-9-11-21(8-2)18-29-25(28)24(15-26)22-12-10-13-23(14-22)27(16-19(3)4)17-20(5)6/h14,21H,3,5,7-13,16-18H2,1-2,4,6H3. The number of carbonyl (C=O) groups excluding carboxylic acids is 1. The van der Waals surface area contributed by atoms with Crippen LogP contribution in [0.3, 0.4) is 0 Å². The van der Waals surface area contributed by atoms with E-state index in [9.17, 15) is 10.1 Å². The van der Waals surface area contributed by atoms with Gasteiger partial charge in [-0.1, -0.05) is 57.4 Å². The molecule has 1 unspecified atom stereocenters. The molecule has 4 nitrogen and oxygen atoms in total. The molecule has 0 bridgehead atoms. The minimum atomic E-state index is -0.485. The summed E-state index contributed by atoms with van der Waals surface area (Å²) in [6, 6.07) is 2.10. The number of nitrogens with zero attached hydrogens (tertiary/aromatic N) is 2. The van der Waals surface area contributed by atoms with Crippen molar-refractivity contribution in [1.29, 1.82) is 5.26 Å². The summed E-state index contributed by atoms with van der Waals surface area (Å²) in [5, 5.41) is 9.65. The molecule has 1 rings (SSSR count). The lowest BCUT2D eigenvalue weighted by molar-refractivity contribution is -0.140. The van der Waals surface area contributed by atoms with Crippen LogP contribution in [0.4, 0.5) is 0 Å². The average molecular weight is 399 g/mol. The van der Waals surface area contributed by atoms with Gasteiger partial charge < -0.3 is 9.64 Å². The van der Waals surface area contributed by atoms with Gasteiger partial charge in [0.15, 0.2) is 0 Å². The van der Waals surface area contributed by atoms with Crippen LogP contribution in [0.5, 0.6) is 0 Å². The Kier molecular flexibility index (Phi) is 11.1. The summed E-state index contributed by atoms with van der Waals surface area (Å²) in [4.78, 5) is 14.9. The highest BCUT2D eigenvalue weighted by molar-refractivity contribution is 5.94. The summed E-state index contributed by atoms with van der Waals surface area (Å²) in [5.74, 6) is -0.121. The summed E-state index contributed by atoms with van der Waals surface area (Å²) in [5.41, 5.74) is 4.21. The van der Waals surface area contributed by atoms with Gasteiger partial charge in [-0.15, -0.1) is 0 Å². The number of rotatable bonds is 12. The maximum atomic E-state index is 12.6. The fourth-order valence-electron chi connectivity index (χ4n) is 3.57. The van der Waals surface area contributed by atoms with Crippen LogP contribution in [0.1, 0.15) is 72.6 Å². The van der Waals surface area contributed by atoms with E-state index in [1.165, 1.54) is 0 Å². The maximum absolute atomic E-state index is 12.6. The molecule has 0 radical (unpaired) electrons. The lowest BCUT2D eigenvalue weighted by Gasteiger charge is -2.30. The van der Waals surface area contributed by atoms with Gasteiger partial charge >= 0.3 is 5.97 Å². The highest BCUT2D eigenvalue weighted by atomic mass is 16.5. The van der Waals surface area contributed by atoms with E-state index >= 15 is 0 Å². The van der Waals surface area contributed by atoms with Crippen molar-refractivity contribution in [2.75, 3.05) is 19.7 Å². The zero-order chi connectivity index (χ0) is 21.8. The number of allylic oxidation sites excluding steroid dienone is 3. The second-order valence-electron chi connectivity index (χ2n) is 8.29. The third-order valence-corrected chi connectivity index (χ3v) is 5.18. The lowest BCUT2D eigenvalue weighted by Crippen LogP contribution is -2.28. The molecule has 0 fully saturated rings. The second kappa shape index (κ2) is 13.0. The van der Waals surface area contributed by atoms with Crippen molar-refractivity contribution in [3.05, 3.63) is 47.2 Å². The molecular weight excluding hydrogens is 360 g/mol. The number of ether oxygens (including phenoxy) is 1. The molecule has 0 aliphatic heterocycles. The van der Waals surface area contributed by atoms with E-state index in [2.05, 4.69) is 38.0 Å². The quantitative estimate of drug-likeness (QED) is 0.173. The molecule has 1 aliphatic rings. The van der Waals surface area contributed by atoms with Crippen LogP contribution in [0.15, 0.2) is 47.2 Å². The van der Waals surface area contributed by atoms with Crippen LogP contribution < -0.4 is 0 Å². The largest absolute Gasteiger partial charge is 0.461 e. The molecule has 1 aliphatic carbocycles. The minimum Gasteiger partial charge on any atom is -0.461 e. The van der Waals surface area contributed by atoms with Crippen molar-refractivity contribution in [2.24, 2.45) is 5.92 Å². The van der Waals surface area contributed by atoms with Crippen molar-refractivity contribution in [1.82, 2.24) is 4.90 Å². The van der Waals surface area contributed by atoms with Crippen LogP contribution in [0.25, 0.3) is 0 Å². The van der Waals surface area contributed by atoms with E-state index in [0.717, 1.165) is 80.5 Å². The Morgan fingerprint density at radius 2 is 1.90 bits per heavy atom.